The second-order valence-corrected chi connectivity index (χ2v) is 24.0. The van der Waals surface area contributed by atoms with Gasteiger partial charge in [0.15, 0.2) is 12.6 Å². The quantitative estimate of drug-likeness (QED) is 0.0294. The molecule has 0 radical (unpaired) electrons. The second-order valence-electron chi connectivity index (χ2n) is 24.0. The van der Waals surface area contributed by atoms with Crippen molar-refractivity contribution in [1.82, 2.24) is 10.6 Å². The van der Waals surface area contributed by atoms with Crippen molar-refractivity contribution >= 4 is 17.8 Å². The molecule has 0 aromatic heterocycles. The lowest BCUT2D eigenvalue weighted by atomic mass is 9.88. The summed E-state index contributed by atoms with van der Waals surface area (Å²) in [5, 5.41) is 136. The van der Waals surface area contributed by atoms with E-state index in [0.717, 1.165) is 64.7 Å². The molecule has 3 saturated heterocycles. The molecule has 502 valence electrons. The molecule has 86 heavy (non-hydrogen) atoms. The number of hydrogen-bond donors (Lipinski definition) is 14. The van der Waals surface area contributed by atoms with E-state index in [1.54, 1.807) is 6.08 Å². The van der Waals surface area contributed by atoms with E-state index in [1.807, 2.05) is 6.08 Å². The summed E-state index contributed by atoms with van der Waals surface area (Å²) < 4.78 is 34.7. The Morgan fingerprint density at radius 2 is 1.09 bits per heavy atom. The van der Waals surface area contributed by atoms with Crippen LogP contribution in [-0.2, 0) is 42.8 Å². The third-order valence-electron chi connectivity index (χ3n) is 16.6. The molecule has 23 nitrogen and oxygen atoms in total. The maximum absolute atomic E-state index is 13.4. The van der Waals surface area contributed by atoms with Gasteiger partial charge in [-0.1, -0.05) is 179 Å². The first-order chi connectivity index (χ1) is 41.4. The number of allylic oxidation sites excluding steroid dienone is 3. The Labute approximate surface area is 511 Å². The van der Waals surface area contributed by atoms with Crippen LogP contribution in [0.5, 0.6) is 0 Å². The zero-order valence-electron chi connectivity index (χ0n) is 51.9. The summed E-state index contributed by atoms with van der Waals surface area (Å²) in [4.78, 5) is 38.4. The molecule has 0 bridgehead atoms. The molecule has 0 aromatic carbocycles. The summed E-state index contributed by atoms with van der Waals surface area (Å²) in [5.74, 6) is -6.15. The van der Waals surface area contributed by atoms with Crippen molar-refractivity contribution in [3.05, 3.63) is 24.3 Å². The summed E-state index contributed by atoms with van der Waals surface area (Å²) in [6.07, 6.45) is 12.3. The highest BCUT2D eigenvalue weighted by Gasteiger charge is 2.60. The lowest BCUT2D eigenvalue weighted by Crippen LogP contribution is -2.70. The van der Waals surface area contributed by atoms with Crippen LogP contribution in [0.25, 0.3) is 0 Å². The van der Waals surface area contributed by atoms with Gasteiger partial charge in [-0.2, -0.15) is 0 Å². The van der Waals surface area contributed by atoms with E-state index >= 15 is 0 Å². The van der Waals surface area contributed by atoms with E-state index in [-0.39, 0.29) is 12.3 Å². The number of ether oxygens (including phenoxy) is 6. The molecule has 3 rings (SSSR count). The summed E-state index contributed by atoms with van der Waals surface area (Å²) >= 11 is 0. The average molecular weight is 1240 g/mol. The molecule has 18 atom stereocenters. The van der Waals surface area contributed by atoms with Crippen molar-refractivity contribution < 1.29 is 104 Å². The van der Waals surface area contributed by atoms with Gasteiger partial charge in [-0.05, 0) is 44.9 Å². The van der Waals surface area contributed by atoms with Gasteiger partial charge in [0.25, 0.3) is 5.79 Å². The van der Waals surface area contributed by atoms with E-state index < -0.39 is 155 Å². The maximum atomic E-state index is 13.4. The first kappa shape index (κ1) is 77.5. The molecule has 0 saturated carbocycles. The number of hydrogen-bond acceptors (Lipinski definition) is 20. The van der Waals surface area contributed by atoms with Crippen molar-refractivity contribution in [1.29, 1.82) is 0 Å². The molecule has 3 aliphatic rings. The normalized spacial score (nSPS) is 29.5. The highest BCUT2D eigenvalue weighted by atomic mass is 16.8. The smallest absolute Gasteiger partial charge is 0.364 e. The van der Waals surface area contributed by atoms with Crippen LogP contribution in [0.4, 0.5) is 0 Å². The highest BCUT2D eigenvalue weighted by molar-refractivity contribution is 5.77. The first-order valence-electron chi connectivity index (χ1n) is 32.7. The zero-order valence-corrected chi connectivity index (χ0v) is 51.9. The SMILES string of the molecule is CCCCCCCCCCC/C=C\CCCCCCCC(=O)NC(COC1OC(CO)C(OC2OC(CO)C(O)C(OC3(C(=O)O)CC(O)C(NC(C)=O)C(C(O)C(O)CO)O3)C2O)C(O)C1O)C(O)/C=C/CCCCCCCCCCCCCC. The Kier molecular flexibility index (Phi) is 40.2. The van der Waals surface area contributed by atoms with Crippen LogP contribution in [-0.4, -0.2) is 215 Å². The maximum Gasteiger partial charge on any atom is 0.364 e. The van der Waals surface area contributed by atoms with Gasteiger partial charge in [0.1, 0.15) is 67.1 Å². The molecule has 0 aromatic rings. The molecule has 3 heterocycles. The van der Waals surface area contributed by atoms with Crippen molar-refractivity contribution in [2.45, 2.75) is 330 Å². The van der Waals surface area contributed by atoms with E-state index in [4.69, 9.17) is 28.4 Å². The van der Waals surface area contributed by atoms with E-state index in [2.05, 4.69) is 36.6 Å². The van der Waals surface area contributed by atoms with Crippen LogP contribution in [0.1, 0.15) is 220 Å². The molecular weight excluding hydrogens is 1120 g/mol. The number of carbonyl (C=O) groups is 3. The largest absolute Gasteiger partial charge is 0.477 e. The Bertz CT molecular complexity index is 1850. The minimum atomic E-state index is -3.08. The van der Waals surface area contributed by atoms with Gasteiger partial charge in [-0.15, -0.1) is 0 Å². The van der Waals surface area contributed by atoms with E-state index in [1.165, 1.54) is 116 Å². The Hall–Kier alpha value is -2.79. The average Bonchev–Trinajstić information content (AvgIpc) is 1.49. The number of rotatable bonds is 48. The fraction of sp³-hybridized carbons (Fsp3) is 0.889. The topological polar surface area (TPSA) is 373 Å². The number of aliphatic carboxylic acids is 1. The minimum absolute atomic E-state index is 0.191. The molecule has 2 amide bonds. The van der Waals surface area contributed by atoms with Gasteiger partial charge in [0.05, 0.1) is 50.7 Å². The van der Waals surface area contributed by atoms with Gasteiger partial charge in [0, 0.05) is 19.8 Å². The Morgan fingerprint density at radius 3 is 1.58 bits per heavy atom. The molecule has 0 aliphatic carbocycles. The highest BCUT2D eigenvalue weighted by Crippen LogP contribution is 2.38. The number of aliphatic hydroxyl groups is 11. The second kappa shape index (κ2) is 44.6. The van der Waals surface area contributed by atoms with E-state index in [0.29, 0.717) is 12.8 Å². The molecular formula is C63H114N2O21. The number of nitrogens with one attached hydrogen (secondary N) is 2. The van der Waals surface area contributed by atoms with Gasteiger partial charge >= 0.3 is 5.97 Å². The monoisotopic (exact) mass is 1230 g/mol. The van der Waals surface area contributed by atoms with Crippen molar-refractivity contribution in [3.8, 4) is 0 Å². The summed E-state index contributed by atoms with van der Waals surface area (Å²) in [7, 11) is 0. The number of amides is 2. The fourth-order valence-corrected chi connectivity index (χ4v) is 11.3. The number of aliphatic hydroxyl groups excluding tert-OH is 11. The minimum Gasteiger partial charge on any atom is -0.477 e. The lowest BCUT2D eigenvalue weighted by Gasteiger charge is -2.50. The van der Waals surface area contributed by atoms with Crippen LogP contribution >= 0.6 is 0 Å². The van der Waals surface area contributed by atoms with Crippen LogP contribution in [0.3, 0.4) is 0 Å². The van der Waals surface area contributed by atoms with Gasteiger partial charge in [-0.3, -0.25) is 9.59 Å². The standard InChI is InChI=1S/C63H114N2O21/c1-4-6-8-10-12-14-16-18-20-21-22-23-25-27-29-31-33-35-37-50(73)65-44(45(70)36-34-32-30-28-26-24-19-17-15-13-11-9-7-5-2)42-81-60-55(77)54(76)57(49(41-68)83-60)84-61-56(78)59(53(75)48(40-67)82-61)86-63(62(79)80)38-46(71)51(64-43(3)69)58(85-63)52(74)47(72)39-66/h22-23,34,36,44-49,51-61,66-68,70-72,74-78H,4-21,24-33,35,37-42H2,1-3H3,(H,64,69)(H,65,73)(H,79,80)/b23-22-,36-34+. The lowest BCUT2D eigenvalue weighted by molar-refractivity contribution is -0.386. The molecule has 23 heteroatoms. The van der Waals surface area contributed by atoms with Gasteiger partial charge in [-0.25, -0.2) is 4.79 Å². The van der Waals surface area contributed by atoms with Gasteiger partial charge < -0.3 is 100 Å². The molecule has 18 unspecified atom stereocenters. The summed E-state index contributed by atoms with van der Waals surface area (Å²) in [6.45, 7) is 2.11. The van der Waals surface area contributed by atoms with Crippen molar-refractivity contribution in [2.24, 2.45) is 0 Å². The number of unbranched alkanes of at least 4 members (excludes halogenated alkanes) is 26. The first-order valence-corrected chi connectivity index (χ1v) is 32.7. The number of carboxylic acids is 1. The van der Waals surface area contributed by atoms with Crippen molar-refractivity contribution in [2.75, 3.05) is 26.4 Å². The molecule has 3 fully saturated rings. The Morgan fingerprint density at radius 1 is 0.605 bits per heavy atom. The van der Waals surface area contributed by atoms with Crippen LogP contribution in [0, 0.1) is 0 Å². The zero-order chi connectivity index (χ0) is 63.3. The predicted molar refractivity (Wildman–Crippen MR) is 320 cm³/mol. The summed E-state index contributed by atoms with van der Waals surface area (Å²) in [5.41, 5.74) is 0. The third kappa shape index (κ3) is 27.8. The van der Waals surface area contributed by atoms with Crippen LogP contribution in [0.15, 0.2) is 24.3 Å². The van der Waals surface area contributed by atoms with Crippen LogP contribution in [0.2, 0.25) is 0 Å². The molecule has 3 aliphatic heterocycles. The number of carbonyl (C=O) groups excluding carboxylic acids is 2. The fourth-order valence-electron chi connectivity index (χ4n) is 11.3. The molecule has 0 spiro atoms. The Balaban J connectivity index is 1.64. The summed E-state index contributed by atoms with van der Waals surface area (Å²) in [6, 6.07) is -2.62. The number of carboxylic acid groups (broad SMARTS) is 1. The predicted octanol–water partition coefficient (Wildman–Crippen LogP) is 4.50. The van der Waals surface area contributed by atoms with Gasteiger partial charge in [0.2, 0.25) is 11.8 Å². The van der Waals surface area contributed by atoms with E-state index in [9.17, 15) is 75.7 Å². The third-order valence-corrected chi connectivity index (χ3v) is 16.6. The van der Waals surface area contributed by atoms with Crippen molar-refractivity contribution in [3.63, 3.8) is 0 Å². The van der Waals surface area contributed by atoms with Crippen LogP contribution < -0.4 is 10.6 Å². The molecule has 14 N–H and O–H groups in total.